The molecule has 1 saturated carbocycles. The second-order valence-electron chi connectivity index (χ2n) is 4.64. The molecule has 0 bridgehead atoms. The Hall–Kier alpha value is -1.59. The summed E-state index contributed by atoms with van der Waals surface area (Å²) in [6.07, 6.45) is -3.05. The van der Waals surface area contributed by atoms with Crippen LogP contribution in [0, 0.1) is 0 Å². The Morgan fingerprint density at radius 2 is 2.00 bits per heavy atom. The van der Waals surface area contributed by atoms with Gasteiger partial charge in [0.1, 0.15) is 5.69 Å². The van der Waals surface area contributed by atoms with Gasteiger partial charge in [-0.15, -0.1) is 0 Å². The molecular weight excluding hydrogens is 247 g/mol. The molecule has 0 saturated heterocycles. The summed E-state index contributed by atoms with van der Waals surface area (Å²) >= 11 is 0. The summed E-state index contributed by atoms with van der Waals surface area (Å²) in [6, 6.07) is 1.95. The molecule has 0 aliphatic heterocycles. The number of hydrogen-bond acceptors (Lipinski definition) is 3. The average molecular weight is 259 g/mol. The number of carbonyl (C=O) groups excluding carboxylic acids is 1. The number of methoxy groups -OCH3 is 1. The summed E-state index contributed by atoms with van der Waals surface area (Å²) < 4.78 is 42.4. The van der Waals surface area contributed by atoms with Crippen molar-refractivity contribution in [3.8, 4) is 0 Å². The Morgan fingerprint density at radius 3 is 2.44 bits per heavy atom. The van der Waals surface area contributed by atoms with Crippen molar-refractivity contribution >= 4 is 5.97 Å². The molecule has 1 aromatic rings. The molecule has 1 aliphatic carbocycles. The van der Waals surface area contributed by atoms with Crippen molar-refractivity contribution in [2.24, 2.45) is 0 Å². The molecule has 0 radical (unpaired) electrons. The number of aromatic nitrogens is 1. The molecule has 1 aliphatic rings. The number of halogens is 3. The zero-order valence-corrected chi connectivity index (χ0v) is 9.97. The van der Waals surface area contributed by atoms with Gasteiger partial charge in [0.25, 0.3) is 0 Å². The number of hydrogen-bond donors (Lipinski definition) is 0. The summed E-state index contributed by atoms with van der Waals surface area (Å²) in [6.45, 7) is 1.79. The number of esters is 1. The number of alkyl halides is 3. The fourth-order valence-corrected chi connectivity index (χ4v) is 1.78. The lowest BCUT2D eigenvalue weighted by Gasteiger charge is -2.15. The maximum atomic E-state index is 12.6. The van der Waals surface area contributed by atoms with E-state index in [0.717, 1.165) is 25.0 Å². The van der Waals surface area contributed by atoms with Crippen LogP contribution in [0.5, 0.6) is 0 Å². The van der Waals surface area contributed by atoms with Crippen LogP contribution < -0.4 is 0 Å². The Balaban J connectivity index is 2.53. The van der Waals surface area contributed by atoms with Gasteiger partial charge in [0.05, 0.1) is 18.4 Å². The lowest BCUT2D eigenvalue weighted by atomic mass is 9.98. The third-order valence-electron chi connectivity index (χ3n) is 3.16. The first-order valence-corrected chi connectivity index (χ1v) is 5.45. The fraction of sp³-hybridized carbons (Fsp3) is 0.500. The lowest BCUT2D eigenvalue weighted by Crippen LogP contribution is -2.18. The van der Waals surface area contributed by atoms with E-state index in [0.29, 0.717) is 0 Å². The van der Waals surface area contributed by atoms with Gasteiger partial charge in [-0.3, -0.25) is 0 Å². The smallest absolute Gasteiger partial charge is 0.433 e. The minimum Gasteiger partial charge on any atom is -0.465 e. The third kappa shape index (κ3) is 2.19. The van der Waals surface area contributed by atoms with Gasteiger partial charge in [0, 0.05) is 5.41 Å². The van der Waals surface area contributed by atoms with Gasteiger partial charge >= 0.3 is 12.1 Å². The normalized spacial score (nSPS) is 17.4. The molecule has 1 heterocycles. The van der Waals surface area contributed by atoms with Crippen molar-refractivity contribution in [3.05, 3.63) is 29.1 Å². The van der Waals surface area contributed by atoms with E-state index < -0.39 is 23.3 Å². The minimum atomic E-state index is -4.51. The molecule has 1 fully saturated rings. The fourth-order valence-electron chi connectivity index (χ4n) is 1.78. The van der Waals surface area contributed by atoms with E-state index in [1.807, 2.05) is 0 Å². The zero-order valence-electron chi connectivity index (χ0n) is 9.97. The van der Waals surface area contributed by atoms with Crippen LogP contribution in [0.25, 0.3) is 0 Å². The van der Waals surface area contributed by atoms with Crippen LogP contribution in [0.4, 0.5) is 13.2 Å². The largest absolute Gasteiger partial charge is 0.465 e. The maximum absolute atomic E-state index is 12.6. The van der Waals surface area contributed by atoms with E-state index in [9.17, 15) is 18.0 Å². The molecule has 2 rings (SSSR count). The molecule has 0 unspecified atom stereocenters. The SMILES string of the molecule is COC(=O)c1ccc(C(F)(F)F)nc1C1(C)CC1. The van der Waals surface area contributed by atoms with Gasteiger partial charge in [-0.1, -0.05) is 6.92 Å². The van der Waals surface area contributed by atoms with Gasteiger partial charge in [-0.05, 0) is 25.0 Å². The second-order valence-corrected chi connectivity index (χ2v) is 4.64. The van der Waals surface area contributed by atoms with Crippen molar-refractivity contribution in [3.63, 3.8) is 0 Å². The number of rotatable bonds is 2. The van der Waals surface area contributed by atoms with E-state index in [2.05, 4.69) is 9.72 Å². The lowest BCUT2D eigenvalue weighted by molar-refractivity contribution is -0.141. The Kier molecular flexibility index (Phi) is 2.83. The molecule has 0 N–H and O–H groups in total. The van der Waals surface area contributed by atoms with E-state index in [4.69, 9.17) is 0 Å². The highest BCUT2D eigenvalue weighted by atomic mass is 19.4. The molecule has 6 heteroatoms. The van der Waals surface area contributed by atoms with Crippen molar-refractivity contribution in [2.45, 2.75) is 31.4 Å². The zero-order chi connectivity index (χ0) is 13.6. The molecule has 18 heavy (non-hydrogen) atoms. The first-order chi connectivity index (χ1) is 8.28. The highest BCUT2D eigenvalue weighted by molar-refractivity contribution is 5.91. The van der Waals surface area contributed by atoms with Gasteiger partial charge in [-0.2, -0.15) is 13.2 Å². The Bertz CT molecular complexity index is 493. The highest BCUT2D eigenvalue weighted by Gasteiger charge is 2.45. The quantitative estimate of drug-likeness (QED) is 0.766. The van der Waals surface area contributed by atoms with Crippen molar-refractivity contribution in [1.82, 2.24) is 4.98 Å². The molecule has 0 amide bonds. The van der Waals surface area contributed by atoms with Crippen LogP contribution >= 0.6 is 0 Å². The van der Waals surface area contributed by atoms with E-state index in [1.54, 1.807) is 6.92 Å². The Labute approximate surface area is 102 Å². The molecule has 98 valence electrons. The predicted octanol–water partition coefficient (Wildman–Crippen LogP) is 2.94. The van der Waals surface area contributed by atoms with Gasteiger partial charge in [0.15, 0.2) is 0 Å². The van der Waals surface area contributed by atoms with Crippen molar-refractivity contribution < 1.29 is 22.7 Å². The van der Waals surface area contributed by atoms with E-state index in [1.165, 1.54) is 7.11 Å². The third-order valence-corrected chi connectivity index (χ3v) is 3.16. The molecule has 1 aromatic heterocycles. The van der Waals surface area contributed by atoms with E-state index >= 15 is 0 Å². The first kappa shape index (κ1) is 12.9. The van der Waals surface area contributed by atoms with E-state index in [-0.39, 0.29) is 11.3 Å². The number of pyridine rings is 1. The maximum Gasteiger partial charge on any atom is 0.433 e. The predicted molar refractivity (Wildman–Crippen MR) is 57.2 cm³/mol. The van der Waals surface area contributed by atoms with Crippen LogP contribution in [0.3, 0.4) is 0 Å². The molecule has 0 aromatic carbocycles. The molecule has 0 spiro atoms. The van der Waals surface area contributed by atoms with Crippen molar-refractivity contribution in [2.75, 3.05) is 7.11 Å². The number of ether oxygens (including phenoxy) is 1. The molecule has 0 atom stereocenters. The van der Waals surface area contributed by atoms with Crippen LogP contribution in [0.15, 0.2) is 12.1 Å². The summed E-state index contributed by atoms with van der Waals surface area (Å²) in [5.74, 6) is -0.653. The van der Waals surface area contributed by atoms with Gasteiger partial charge in [-0.25, -0.2) is 9.78 Å². The summed E-state index contributed by atoms with van der Waals surface area (Å²) in [7, 11) is 1.19. The van der Waals surface area contributed by atoms with Crippen LogP contribution in [0.1, 0.15) is 41.5 Å². The monoisotopic (exact) mass is 259 g/mol. The Morgan fingerprint density at radius 1 is 1.39 bits per heavy atom. The minimum absolute atomic E-state index is 0.116. The van der Waals surface area contributed by atoms with Gasteiger partial charge < -0.3 is 4.74 Å². The van der Waals surface area contributed by atoms with Crippen molar-refractivity contribution in [1.29, 1.82) is 0 Å². The van der Waals surface area contributed by atoms with Gasteiger partial charge in [0.2, 0.25) is 0 Å². The molecule has 3 nitrogen and oxygen atoms in total. The van der Waals surface area contributed by atoms with Crippen LogP contribution in [-0.2, 0) is 16.3 Å². The highest BCUT2D eigenvalue weighted by Crippen LogP contribution is 2.48. The molecular formula is C12H12F3NO2. The summed E-state index contributed by atoms with van der Waals surface area (Å²) in [5, 5.41) is 0. The summed E-state index contributed by atoms with van der Waals surface area (Å²) in [4.78, 5) is 15.1. The first-order valence-electron chi connectivity index (χ1n) is 5.45. The summed E-state index contributed by atoms with van der Waals surface area (Å²) in [5.41, 5.74) is -1.11. The average Bonchev–Trinajstić information content (AvgIpc) is 3.05. The van der Waals surface area contributed by atoms with Crippen LogP contribution in [0.2, 0.25) is 0 Å². The number of nitrogens with zero attached hydrogens (tertiary/aromatic N) is 1. The standard InChI is InChI=1S/C12H12F3NO2/c1-11(5-6-11)9-7(10(17)18-2)3-4-8(16-9)12(13,14)15/h3-4H,5-6H2,1-2H3. The topological polar surface area (TPSA) is 39.2 Å². The number of carbonyl (C=O) groups is 1. The van der Waals surface area contributed by atoms with Crippen LogP contribution in [-0.4, -0.2) is 18.1 Å². The second kappa shape index (κ2) is 3.96.